The lowest BCUT2D eigenvalue weighted by atomic mass is 9.85. The first-order valence-electron chi connectivity index (χ1n) is 27.1. The Morgan fingerprint density at radius 2 is 1.46 bits per heavy atom. The molecule has 2 aliphatic heterocycles. The molecule has 3 N–H and O–H groups in total. The highest BCUT2D eigenvalue weighted by molar-refractivity contribution is 8.18. The second kappa shape index (κ2) is 32.3. The summed E-state index contributed by atoms with van der Waals surface area (Å²) in [5.74, 6) is -0.132. The van der Waals surface area contributed by atoms with Gasteiger partial charge in [0.2, 0.25) is 17.7 Å². The van der Waals surface area contributed by atoms with Gasteiger partial charge >= 0.3 is 0 Å². The molecule has 19 nitrogen and oxygen atoms in total. The lowest BCUT2D eigenvalue weighted by molar-refractivity contribution is -0.144. The van der Waals surface area contributed by atoms with E-state index in [1.54, 1.807) is 53.8 Å². The van der Waals surface area contributed by atoms with Crippen molar-refractivity contribution in [2.45, 2.75) is 104 Å². The number of unbranched alkanes of at least 4 members (excludes halogenated alkanes) is 4. The number of aliphatic hydroxyl groups excluding tert-OH is 1. The number of imide groups is 1. The van der Waals surface area contributed by atoms with Crippen molar-refractivity contribution in [1.82, 2.24) is 25.4 Å². The number of carbonyl (C=O) groups excluding carboxylic acids is 5. The summed E-state index contributed by atoms with van der Waals surface area (Å²) in [6.07, 6.45) is 6.42. The summed E-state index contributed by atoms with van der Waals surface area (Å²) in [6, 6.07) is 16.4. The lowest BCUT2D eigenvalue weighted by Gasteiger charge is -2.35. The van der Waals surface area contributed by atoms with Crippen molar-refractivity contribution in [3.8, 4) is 27.7 Å². The molecule has 0 bridgehead atoms. The summed E-state index contributed by atoms with van der Waals surface area (Å²) < 4.78 is 40.0. The molecule has 432 valence electrons. The van der Waals surface area contributed by atoms with Gasteiger partial charge in [0.15, 0.2) is 17.2 Å². The molecule has 0 spiro atoms. The van der Waals surface area contributed by atoms with E-state index in [9.17, 15) is 29.1 Å². The third kappa shape index (κ3) is 19.5. The molecule has 3 atom stereocenters. The zero-order chi connectivity index (χ0) is 57.4. The number of nitrogens with zero attached hydrogens (tertiary/aromatic N) is 4. The van der Waals surface area contributed by atoms with Crippen LogP contribution in [0, 0.1) is 25.8 Å². The molecule has 2 fully saturated rings. The molecule has 0 aliphatic carbocycles. The summed E-state index contributed by atoms with van der Waals surface area (Å²) in [5, 5.41) is 15.9. The predicted molar refractivity (Wildman–Crippen MR) is 307 cm³/mol. The highest BCUT2D eigenvalue weighted by Gasteiger charge is 2.44. The van der Waals surface area contributed by atoms with E-state index < -0.39 is 35.4 Å². The van der Waals surface area contributed by atoms with Gasteiger partial charge in [0.25, 0.3) is 11.1 Å². The number of hydrogen-bond acceptors (Lipinski definition) is 16. The van der Waals surface area contributed by atoms with E-state index in [0.717, 1.165) is 77.5 Å². The molecule has 80 heavy (non-hydrogen) atoms. The molecule has 5 amide bonds. The van der Waals surface area contributed by atoms with Crippen LogP contribution in [0.2, 0.25) is 0 Å². The second-order valence-corrected chi connectivity index (χ2v) is 22.3. The van der Waals surface area contributed by atoms with Gasteiger partial charge in [0.1, 0.15) is 24.4 Å². The summed E-state index contributed by atoms with van der Waals surface area (Å²) >= 11 is 2.45. The Morgan fingerprint density at radius 1 is 0.825 bits per heavy atom. The molecule has 0 unspecified atom stereocenters. The quantitative estimate of drug-likeness (QED) is 0.0230. The number of aryl methyl sites for hydroxylation is 2. The maximum absolute atomic E-state index is 13.9. The Balaban J connectivity index is 0.727. The van der Waals surface area contributed by atoms with Crippen LogP contribution in [-0.2, 0) is 49.4 Å². The van der Waals surface area contributed by atoms with Crippen LogP contribution in [0.1, 0.15) is 88.1 Å². The number of carbonyl (C=O) groups is 5. The minimum absolute atomic E-state index is 0.0126. The number of ether oxygens (including phenoxy) is 7. The molecule has 21 heteroatoms. The van der Waals surface area contributed by atoms with Crippen LogP contribution in [0.5, 0.6) is 17.2 Å². The maximum atomic E-state index is 13.9. The minimum Gasteiger partial charge on any atom is -0.493 e. The van der Waals surface area contributed by atoms with E-state index >= 15 is 0 Å². The summed E-state index contributed by atoms with van der Waals surface area (Å²) in [6.45, 7) is 20.7. The zero-order valence-corrected chi connectivity index (χ0v) is 48.4. The van der Waals surface area contributed by atoms with Gasteiger partial charge in [-0.1, -0.05) is 57.2 Å². The summed E-state index contributed by atoms with van der Waals surface area (Å²) in [4.78, 5) is 77.8. The standard InChI is InChI=1S/C59H76N6O13S2/c1-40-32-45(60-6)19-21-48(40)78-49-20-16-43(33-50(49)72-7)34-51-56(69)64(58(71)80-51)22-27-76-29-28-74-25-12-8-10-23-73-24-11-9-13-26-75-30-31-77-38-52(67)63-54(59(3,4)5)57(70)65-37-46(66)35-47(65)55(68)61-36-42-14-17-44(18-15-42)53-41(2)62-39-79-53/h14-21,32-34,39,46-47,54,66H,8-13,22-31,35-38H2,1-5,7H3,(H,61,68)(H,63,67)/b51-34-/t46-,47+,54-/m1/s1. The van der Waals surface area contributed by atoms with Crippen LogP contribution in [0.4, 0.5) is 10.5 Å². The Bertz CT molecular complexity index is 2760. The lowest BCUT2D eigenvalue weighted by Crippen LogP contribution is -2.58. The first kappa shape index (κ1) is 63.0. The molecule has 2 saturated heterocycles. The Kier molecular flexibility index (Phi) is 25.4. The number of rotatable bonds is 33. The fourth-order valence-corrected chi connectivity index (χ4v) is 10.4. The van der Waals surface area contributed by atoms with Crippen LogP contribution < -0.4 is 20.1 Å². The third-order valence-corrected chi connectivity index (χ3v) is 15.1. The van der Waals surface area contributed by atoms with Crippen LogP contribution in [0.15, 0.2) is 71.1 Å². The number of β-amino-alcohol motifs (C(OH)–C–C–N with tert-alkyl or cyclic N) is 1. The van der Waals surface area contributed by atoms with E-state index in [-0.39, 0.29) is 62.9 Å². The van der Waals surface area contributed by atoms with Crippen molar-refractivity contribution in [1.29, 1.82) is 0 Å². The number of benzene rings is 3. The monoisotopic (exact) mass is 1140 g/mol. The largest absolute Gasteiger partial charge is 0.493 e. The van der Waals surface area contributed by atoms with Gasteiger partial charge in [0, 0.05) is 45.9 Å². The van der Waals surface area contributed by atoms with E-state index in [1.165, 1.54) is 16.9 Å². The fourth-order valence-electron chi connectivity index (χ4n) is 8.76. The highest BCUT2D eigenvalue weighted by atomic mass is 32.2. The third-order valence-electron chi connectivity index (χ3n) is 13.2. The minimum atomic E-state index is -0.954. The van der Waals surface area contributed by atoms with Crippen molar-refractivity contribution in [2.24, 2.45) is 5.41 Å². The SMILES string of the molecule is [C-]#[N+]c1ccc(Oc2ccc(/C=C3\SC(=O)N(CCOCCOCCCCCOCCCCCOCCOCC(=O)N[C@H](C(=O)N4C[C@H](O)C[C@H]4C(=O)NCc4ccc(-c5scnc5C)cc4)C(C)(C)C)C3=O)cc2OC)c(C)c1. The second-order valence-electron chi connectivity index (χ2n) is 20.5. The normalized spacial score (nSPS) is 16.3. The molecule has 4 aromatic rings. The van der Waals surface area contributed by atoms with Crippen molar-refractivity contribution >= 4 is 63.7 Å². The van der Waals surface area contributed by atoms with E-state index in [1.807, 2.05) is 64.4 Å². The number of methoxy groups -OCH3 is 1. The Labute approximate surface area is 477 Å². The number of aliphatic hydroxyl groups is 1. The van der Waals surface area contributed by atoms with Gasteiger partial charge in [-0.2, -0.15) is 0 Å². The topological polar surface area (TPSA) is 218 Å². The Morgan fingerprint density at radius 3 is 2.08 bits per heavy atom. The molecule has 1 aromatic heterocycles. The first-order chi connectivity index (χ1) is 38.6. The first-order valence-corrected chi connectivity index (χ1v) is 28.8. The Hall–Kier alpha value is -6.22. The maximum Gasteiger partial charge on any atom is 0.293 e. The number of aromatic nitrogens is 1. The van der Waals surface area contributed by atoms with Crippen molar-refractivity contribution < 1.29 is 62.2 Å². The summed E-state index contributed by atoms with van der Waals surface area (Å²) in [5.41, 5.74) is 6.03. The van der Waals surface area contributed by atoms with Gasteiger partial charge in [-0.3, -0.25) is 28.9 Å². The molecule has 2 aliphatic rings. The van der Waals surface area contributed by atoms with E-state index in [2.05, 4.69) is 20.5 Å². The van der Waals surface area contributed by atoms with Crippen molar-refractivity contribution in [3.05, 3.63) is 105 Å². The number of amides is 5. The van der Waals surface area contributed by atoms with Gasteiger partial charge in [-0.05, 0) is 122 Å². The van der Waals surface area contributed by atoms with Gasteiger partial charge < -0.3 is 53.8 Å². The van der Waals surface area contributed by atoms with Crippen LogP contribution in [0.25, 0.3) is 21.4 Å². The molecule has 0 saturated carbocycles. The van der Waals surface area contributed by atoms with Crippen LogP contribution in [0.3, 0.4) is 0 Å². The highest BCUT2D eigenvalue weighted by Crippen LogP contribution is 2.38. The van der Waals surface area contributed by atoms with E-state index in [4.69, 9.17) is 39.7 Å². The van der Waals surface area contributed by atoms with Gasteiger partial charge in [-0.25, -0.2) is 9.83 Å². The van der Waals surface area contributed by atoms with Crippen molar-refractivity contribution in [2.75, 3.05) is 86.3 Å². The predicted octanol–water partition coefficient (Wildman–Crippen LogP) is 9.05. The molecule has 3 heterocycles. The van der Waals surface area contributed by atoms with E-state index in [0.29, 0.717) is 79.7 Å². The molecule has 3 aromatic carbocycles. The zero-order valence-electron chi connectivity index (χ0n) is 46.8. The number of thioether (sulfide) groups is 1. The van der Waals surface area contributed by atoms with Crippen LogP contribution in [-0.4, -0.2) is 153 Å². The molecule has 0 radical (unpaired) electrons. The van der Waals surface area contributed by atoms with Gasteiger partial charge in [-0.15, -0.1) is 11.3 Å². The number of nitrogens with one attached hydrogen (secondary N) is 2. The van der Waals surface area contributed by atoms with Crippen molar-refractivity contribution in [3.63, 3.8) is 0 Å². The summed E-state index contributed by atoms with van der Waals surface area (Å²) in [7, 11) is 1.52. The number of likely N-dealkylation sites (tertiary alicyclic amines) is 1. The van der Waals surface area contributed by atoms with Gasteiger partial charge in [0.05, 0.1) is 80.4 Å². The number of thiazole rings is 1. The average molecular weight is 1140 g/mol. The van der Waals surface area contributed by atoms with Crippen LogP contribution >= 0.6 is 23.1 Å². The number of hydrogen-bond donors (Lipinski definition) is 3. The average Bonchev–Trinajstić information content (AvgIpc) is 4.20. The molecular formula is C59H76N6O13S2. The fraction of sp³-hybridized carbons (Fsp3) is 0.508. The molecular weight excluding hydrogens is 1060 g/mol. The molecule has 6 rings (SSSR count). The smallest absolute Gasteiger partial charge is 0.293 e.